The third-order valence-corrected chi connectivity index (χ3v) is 4.64. The third kappa shape index (κ3) is 14.0. The minimum absolute atomic E-state index is 0.101. The Bertz CT molecular complexity index is 487. The molecule has 0 saturated heterocycles. The highest BCUT2D eigenvalue weighted by molar-refractivity contribution is 7.99. The van der Waals surface area contributed by atoms with Gasteiger partial charge < -0.3 is 27.0 Å². The molecule has 0 aromatic carbocycles. The maximum atomic E-state index is 11.9. The summed E-state index contributed by atoms with van der Waals surface area (Å²) in [5.41, 5.74) is 5.87. The van der Waals surface area contributed by atoms with Crippen molar-refractivity contribution in [2.45, 2.75) is 38.6 Å². The SMILES string of the molecule is CCC(=O)CCNC(=O)CSCCNC(=O)C(N)CCCNC(=NC)NC. The van der Waals surface area contributed by atoms with Crippen LogP contribution in [0, 0.1) is 0 Å². The second-order valence-corrected chi connectivity index (χ2v) is 6.94. The van der Waals surface area contributed by atoms with Gasteiger partial charge in [-0.15, -0.1) is 0 Å². The van der Waals surface area contributed by atoms with Crippen LogP contribution < -0.4 is 27.0 Å². The number of aliphatic imine (C=N–C) groups is 1. The summed E-state index contributed by atoms with van der Waals surface area (Å²) in [5, 5.41) is 11.5. The molecule has 0 aromatic rings. The zero-order valence-corrected chi connectivity index (χ0v) is 17.4. The molecule has 156 valence electrons. The number of thioether (sulfide) groups is 1. The number of Topliss-reactive ketones (excluding diaryl/α,β-unsaturated/α-hetero) is 1. The summed E-state index contributed by atoms with van der Waals surface area (Å²) >= 11 is 1.43. The quantitative estimate of drug-likeness (QED) is 0.146. The van der Waals surface area contributed by atoms with Gasteiger partial charge in [-0.25, -0.2) is 0 Å². The first-order valence-corrected chi connectivity index (χ1v) is 10.4. The zero-order valence-electron chi connectivity index (χ0n) is 16.6. The fraction of sp³-hybridized carbons (Fsp3) is 0.765. The van der Waals surface area contributed by atoms with Crippen molar-refractivity contribution in [3.63, 3.8) is 0 Å². The molecule has 2 amide bonds. The molecule has 0 spiro atoms. The summed E-state index contributed by atoms with van der Waals surface area (Å²) in [6, 6.07) is -0.548. The standard InChI is InChI=1S/C17H34N6O3S/c1-4-13(24)7-9-21-15(25)12-27-11-10-22-16(26)14(18)6-5-8-23-17(19-2)20-3/h14H,4-12,18H2,1-3H3,(H,21,25)(H,22,26)(H2,19,20,23). The molecular weight excluding hydrogens is 368 g/mol. The fourth-order valence-electron chi connectivity index (χ4n) is 2.05. The minimum Gasteiger partial charge on any atom is -0.359 e. The maximum absolute atomic E-state index is 11.9. The number of amides is 2. The highest BCUT2D eigenvalue weighted by Gasteiger charge is 2.12. The number of ketones is 1. The van der Waals surface area contributed by atoms with Crippen molar-refractivity contribution in [1.82, 2.24) is 21.3 Å². The summed E-state index contributed by atoms with van der Waals surface area (Å²) in [6.45, 7) is 3.33. The lowest BCUT2D eigenvalue weighted by molar-refractivity contribution is -0.122. The number of carbonyl (C=O) groups excluding carboxylic acids is 3. The molecule has 9 nitrogen and oxygen atoms in total. The molecule has 0 aliphatic carbocycles. The Morgan fingerprint density at radius 2 is 1.85 bits per heavy atom. The first-order valence-electron chi connectivity index (χ1n) is 9.22. The summed E-state index contributed by atoms with van der Waals surface area (Å²) in [6.07, 6.45) is 2.20. The highest BCUT2D eigenvalue weighted by Crippen LogP contribution is 1.99. The molecule has 0 aliphatic heterocycles. The van der Waals surface area contributed by atoms with Gasteiger partial charge in [-0.1, -0.05) is 6.92 Å². The van der Waals surface area contributed by atoms with Gasteiger partial charge in [0.15, 0.2) is 5.96 Å². The molecule has 0 bridgehead atoms. The van der Waals surface area contributed by atoms with E-state index in [2.05, 4.69) is 26.3 Å². The molecule has 10 heteroatoms. The smallest absolute Gasteiger partial charge is 0.236 e. The van der Waals surface area contributed by atoms with Crippen molar-refractivity contribution in [3.8, 4) is 0 Å². The van der Waals surface area contributed by atoms with E-state index in [1.807, 2.05) is 0 Å². The number of guanidine groups is 1. The topological polar surface area (TPSA) is 138 Å². The van der Waals surface area contributed by atoms with E-state index in [0.717, 1.165) is 6.42 Å². The number of hydrogen-bond acceptors (Lipinski definition) is 6. The van der Waals surface area contributed by atoms with Crippen molar-refractivity contribution < 1.29 is 14.4 Å². The van der Waals surface area contributed by atoms with Crippen LogP contribution in [0.4, 0.5) is 0 Å². The van der Waals surface area contributed by atoms with Gasteiger partial charge in [0, 0.05) is 52.3 Å². The number of nitrogens with two attached hydrogens (primary N) is 1. The molecule has 0 heterocycles. The van der Waals surface area contributed by atoms with Crippen LogP contribution in [-0.2, 0) is 14.4 Å². The normalized spacial score (nSPS) is 12.2. The van der Waals surface area contributed by atoms with Crippen LogP contribution in [0.15, 0.2) is 4.99 Å². The minimum atomic E-state index is -0.548. The molecule has 27 heavy (non-hydrogen) atoms. The van der Waals surface area contributed by atoms with E-state index in [9.17, 15) is 14.4 Å². The van der Waals surface area contributed by atoms with Gasteiger partial charge in [0.1, 0.15) is 5.78 Å². The van der Waals surface area contributed by atoms with Gasteiger partial charge in [-0.3, -0.25) is 19.4 Å². The van der Waals surface area contributed by atoms with Gasteiger partial charge >= 0.3 is 0 Å². The number of rotatable bonds is 14. The molecule has 0 radical (unpaired) electrons. The Hall–Kier alpha value is -1.81. The van der Waals surface area contributed by atoms with E-state index in [1.165, 1.54) is 11.8 Å². The van der Waals surface area contributed by atoms with Crippen molar-refractivity contribution in [1.29, 1.82) is 0 Å². The van der Waals surface area contributed by atoms with Gasteiger partial charge in [0.25, 0.3) is 0 Å². The number of carbonyl (C=O) groups is 3. The lowest BCUT2D eigenvalue weighted by atomic mass is 10.1. The summed E-state index contributed by atoms with van der Waals surface area (Å²) in [4.78, 5) is 38.6. The van der Waals surface area contributed by atoms with Crippen molar-refractivity contribution >= 4 is 35.3 Å². The predicted octanol–water partition coefficient (Wildman–Crippen LogP) is -0.776. The van der Waals surface area contributed by atoms with Gasteiger partial charge in [-0.2, -0.15) is 11.8 Å². The zero-order chi connectivity index (χ0) is 20.5. The van der Waals surface area contributed by atoms with Crippen LogP contribution >= 0.6 is 11.8 Å². The summed E-state index contributed by atoms with van der Waals surface area (Å²) < 4.78 is 0. The van der Waals surface area contributed by atoms with E-state index in [-0.39, 0.29) is 17.6 Å². The largest absolute Gasteiger partial charge is 0.359 e. The molecule has 1 unspecified atom stereocenters. The molecular formula is C17H34N6O3S. The van der Waals surface area contributed by atoms with E-state index in [0.29, 0.717) is 56.4 Å². The lowest BCUT2D eigenvalue weighted by Crippen LogP contribution is -2.42. The summed E-state index contributed by atoms with van der Waals surface area (Å²) in [5.74, 6) is 1.48. The van der Waals surface area contributed by atoms with Crippen LogP contribution in [0.3, 0.4) is 0 Å². The van der Waals surface area contributed by atoms with Gasteiger partial charge in [0.05, 0.1) is 11.8 Å². The van der Waals surface area contributed by atoms with Crippen LogP contribution in [0.1, 0.15) is 32.6 Å². The molecule has 0 aromatic heterocycles. The Balaban J connectivity index is 3.66. The maximum Gasteiger partial charge on any atom is 0.236 e. The van der Waals surface area contributed by atoms with Gasteiger partial charge in [-0.05, 0) is 12.8 Å². The second-order valence-electron chi connectivity index (χ2n) is 5.83. The van der Waals surface area contributed by atoms with E-state index in [4.69, 9.17) is 5.73 Å². The monoisotopic (exact) mass is 402 g/mol. The molecule has 0 aliphatic rings. The Kier molecular flexibility index (Phi) is 15.3. The van der Waals surface area contributed by atoms with Gasteiger partial charge in [0.2, 0.25) is 11.8 Å². The number of nitrogens with one attached hydrogen (secondary N) is 4. The average Bonchev–Trinajstić information content (AvgIpc) is 2.67. The van der Waals surface area contributed by atoms with E-state index < -0.39 is 6.04 Å². The highest BCUT2D eigenvalue weighted by atomic mass is 32.2. The average molecular weight is 403 g/mol. The summed E-state index contributed by atoms with van der Waals surface area (Å²) in [7, 11) is 3.47. The molecule has 0 fully saturated rings. The second kappa shape index (κ2) is 16.4. The third-order valence-electron chi connectivity index (χ3n) is 3.68. The first kappa shape index (κ1) is 25.2. The Labute approximate surface area is 166 Å². The Morgan fingerprint density at radius 3 is 2.48 bits per heavy atom. The van der Waals surface area contributed by atoms with E-state index >= 15 is 0 Å². The predicted molar refractivity (Wildman–Crippen MR) is 111 cm³/mol. The molecule has 0 rings (SSSR count). The van der Waals surface area contributed by atoms with Crippen LogP contribution in [-0.4, -0.2) is 74.8 Å². The number of hydrogen-bond donors (Lipinski definition) is 5. The van der Waals surface area contributed by atoms with E-state index in [1.54, 1.807) is 21.0 Å². The van der Waals surface area contributed by atoms with Crippen molar-refractivity contribution in [3.05, 3.63) is 0 Å². The van der Waals surface area contributed by atoms with Crippen molar-refractivity contribution in [2.75, 3.05) is 45.2 Å². The Morgan fingerprint density at radius 1 is 1.11 bits per heavy atom. The molecule has 1 atom stereocenters. The lowest BCUT2D eigenvalue weighted by Gasteiger charge is -2.13. The fourth-order valence-corrected chi connectivity index (χ4v) is 2.73. The first-order chi connectivity index (χ1) is 12.9. The molecule has 0 saturated carbocycles. The molecule has 6 N–H and O–H groups in total. The van der Waals surface area contributed by atoms with Crippen LogP contribution in [0.25, 0.3) is 0 Å². The number of nitrogens with zero attached hydrogens (tertiary/aromatic N) is 1. The van der Waals surface area contributed by atoms with Crippen LogP contribution in [0.5, 0.6) is 0 Å². The van der Waals surface area contributed by atoms with Crippen molar-refractivity contribution in [2.24, 2.45) is 10.7 Å². The van der Waals surface area contributed by atoms with Crippen LogP contribution in [0.2, 0.25) is 0 Å².